The van der Waals surface area contributed by atoms with E-state index < -0.39 is 6.03 Å². The Bertz CT molecular complexity index is 30.5. The number of carbonyl (C=O) groups is 1. The summed E-state index contributed by atoms with van der Waals surface area (Å²) in [4.78, 5) is 9.00. The van der Waals surface area contributed by atoms with E-state index in [1.165, 1.54) is 0 Å². The fourth-order valence-corrected chi connectivity index (χ4v) is 0. The first-order valence-electron chi connectivity index (χ1n) is 0.781. The van der Waals surface area contributed by atoms with Crippen molar-refractivity contribution in [1.29, 1.82) is 0 Å². The van der Waals surface area contributed by atoms with E-state index in [-0.39, 0.29) is 12.3 Å². The first-order chi connectivity index (χ1) is 1.73. The Kier molecular flexibility index (Phi) is 28.1. The maximum atomic E-state index is 9.00. The molecule has 0 aromatic carbocycles. The van der Waals surface area contributed by atoms with Crippen molar-refractivity contribution in [2.24, 2.45) is 11.5 Å². The fraction of sp³-hybridized carbons (Fsp3) is 0. The number of amides is 2. The van der Waals surface area contributed by atoms with Crippen molar-refractivity contribution < 1.29 is 4.79 Å². The molecule has 3 radical (unpaired) electrons. The van der Waals surface area contributed by atoms with Crippen molar-refractivity contribution in [3.8, 4) is 0 Å². The van der Waals surface area contributed by atoms with Crippen LogP contribution in [0.3, 0.4) is 0 Å². The van der Waals surface area contributed by atoms with E-state index in [4.69, 9.17) is 4.79 Å². The van der Waals surface area contributed by atoms with E-state index in [1.807, 2.05) is 0 Å². The zero-order chi connectivity index (χ0) is 3.58. The third kappa shape index (κ3) is 23.3. The standard InChI is InChI=1S/CH4N2O.H3N.N/c2-1(3)4;;/h(H4,2,3,4);1H3;. The molecule has 0 atom stereocenters. The molecule has 0 rings (SSSR count). The monoisotopic (exact) mass is 91.1 g/mol. The van der Waals surface area contributed by atoms with E-state index in [0.29, 0.717) is 0 Å². The lowest BCUT2D eigenvalue weighted by molar-refractivity contribution is 0.256. The van der Waals surface area contributed by atoms with Gasteiger partial charge in [-0.05, 0) is 0 Å². The lowest BCUT2D eigenvalue weighted by atomic mass is 11.2. The Labute approximate surface area is 35.9 Å². The molecule has 0 aromatic heterocycles. The number of nitrogens with two attached hydrogens (primary N) is 2. The Morgan fingerprint density at radius 1 is 1.33 bits per heavy atom. The number of carbonyl (C=O) groups excluding carboxylic acids is 1. The van der Waals surface area contributed by atoms with Crippen molar-refractivity contribution in [3.63, 3.8) is 0 Å². The smallest absolute Gasteiger partial charge is 0.309 e. The van der Waals surface area contributed by atoms with Crippen LogP contribution in [0.15, 0.2) is 0 Å². The van der Waals surface area contributed by atoms with E-state index >= 15 is 0 Å². The molecule has 0 spiro atoms. The molecule has 5 heteroatoms. The number of primary amides is 2. The van der Waals surface area contributed by atoms with Crippen LogP contribution in [0.25, 0.3) is 0 Å². The summed E-state index contributed by atoms with van der Waals surface area (Å²) in [6, 6.07) is -0.833. The molecule has 0 aliphatic carbocycles. The van der Waals surface area contributed by atoms with Crippen LogP contribution < -0.4 is 23.8 Å². The summed E-state index contributed by atoms with van der Waals surface area (Å²) in [5.41, 5.74) is 8.50. The first kappa shape index (κ1) is 19.0. The van der Waals surface area contributed by atoms with Crippen LogP contribution in [0.4, 0.5) is 4.79 Å². The number of hydrogen-bond donors (Lipinski definition) is 3. The van der Waals surface area contributed by atoms with Crippen LogP contribution >= 0.6 is 0 Å². The van der Waals surface area contributed by atoms with Gasteiger partial charge in [-0.1, -0.05) is 0 Å². The molecule has 0 aromatic rings. The number of nitrogens with zero attached hydrogens (tertiary/aromatic N) is 1. The Hall–Kier alpha value is -0.810. The van der Waals surface area contributed by atoms with Crippen LogP contribution in [-0.2, 0) is 0 Å². The molecule has 7 N–H and O–H groups in total. The van der Waals surface area contributed by atoms with Gasteiger partial charge >= 0.3 is 6.03 Å². The minimum atomic E-state index is -0.833. The van der Waals surface area contributed by atoms with Gasteiger partial charge in [0.1, 0.15) is 0 Å². The highest BCUT2D eigenvalue weighted by molar-refractivity contribution is 5.69. The van der Waals surface area contributed by atoms with Gasteiger partial charge in [-0.25, -0.2) is 4.79 Å². The molecule has 5 nitrogen and oxygen atoms in total. The van der Waals surface area contributed by atoms with Crippen molar-refractivity contribution >= 4 is 6.03 Å². The minimum absolute atomic E-state index is 0. The summed E-state index contributed by atoms with van der Waals surface area (Å²) >= 11 is 0. The van der Waals surface area contributed by atoms with Crippen LogP contribution in [0.5, 0.6) is 0 Å². The molecule has 0 heterocycles. The molecular formula is CH7N4O. The summed E-state index contributed by atoms with van der Waals surface area (Å²) in [5.74, 6) is 0. The molecule has 37 valence electrons. The third-order valence-electron chi connectivity index (χ3n) is 0. The molecule has 0 aliphatic heterocycles. The maximum absolute atomic E-state index is 9.00. The Morgan fingerprint density at radius 3 is 1.33 bits per heavy atom. The van der Waals surface area contributed by atoms with Crippen LogP contribution in [0.1, 0.15) is 0 Å². The Balaban J connectivity index is -0.0000000450. The zero-order valence-electron chi connectivity index (χ0n) is 3.22. The van der Waals surface area contributed by atoms with Gasteiger partial charge in [-0.15, -0.1) is 0 Å². The van der Waals surface area contributed by atoms with Crippen LogP contribution in [0.2, 0.25) is 0 Å². The largest absolute Gasteiger partial charge is 0.352 e. The molecule has 0 bridgehead atoms. The average molecular weight is 91.1 g/mol. The molecule has 0 fully saturated rings. The number of urea groups is 1. The van der Waals surface area contributed by atoms with E-state index in [9.17, 15) is 0 Å². The van der Waals surface area contributed by atoms with Gasteiger partial charge in [-0.3, -0.25) is 0 Å². The number of rotatable bonds is 0. The van der Waals surface area contributed by atoms with Crippen molar-refractivity contribution in [1.82, 2.24) is 12.3 Å². The van der Waals surface area contributed by atoms with Crippen molar-refractivity contribution in [2.75, 3.05) is 0 Å². The summed E-state index contributed by atoms with van der Waals surface area (Å²) in [5, 5.41) is 0. The van der Waals surface area contributed by atoms with Crippen LogP contribution in [0, 0.1) is 0 Å². The predicted octanol–water partition coefficient (Wildman–Crippen LogP) is -1.29. The summed E-state index contributed by atoms with van der Waals surface area (Å²) in [7, 11) is 0. The second-order valence-corrected chi connectivity index (χ2v) is 0.402. The predicted molar refractivity (Wildman–Crippen MR) is 20.9 cm³/mol. The van der Waals surface area contributed by atoms with Gasteiger partial charge in [0.2, 0.25) is 0 Å². The molecule has 0 saturated carbocycles. The third-order valence-corrected chi connectivity index (χ3v) is 0. The normalized spacial score (nSPS) is 4.00. The highest BCUT2D eigenvalue weighted by Gasteiger charge is 1.60. The zero-order valence-corrected chi connectivity index (χ0v) is 3.22. The molecule has 0 unspecified atom stereocenters. The minimum Gasteiger partial charge on any atom is -0.352 e. The van der Waals surface area contributed by atoms with Crippen molar-refractivity contribution in [3.05, 3.63) is 0 Å². The summed E-state index contributed by atoms with van der Waals surface area (Å²) in [6.07, 6.45) is 0. The van der Waals surface area contributed by atoms with Gasteiger partial charge < -0.3 is 17.6 Å². The summed E-state index contributed by atoms with van der Waals surface area (Å²) in [6.45, 7) is 0. The first-order valence-corrected chi connectivity index (χ1v) is 0.781. The van der Waals surface area contributed by atoms with E-state index in [1.54, 1.807) is 0 Å². The lowest BCUT2D eigenvalue weighted by Gasteiger charge is -1.62. The fourth-order valence-electron chi connectivity index (χ4n) is 0. The van der Waals surface area contributed by atoms with Crippen molar-refractivity contribution in [2.45, 2.75) is 0 Å². The lowest BCUT2D eigenvalue weighted by Crippen LogP contribution is -2.18. The molecule has 0 saturated heterocycles. The molecule has 0 aliphatic rings. The second kappa shape index (κ2) is 8.89. The van der Waals surface area contributed by atoms with E-state index in [0.717, 1.165) is 0 Å². The summed E-state index contributed by atoms with van der Waals surface area (Å²) < 4.78 is 0. The highest BCUT2D eigenvalue weighted by Crippen LogP contribution is 1.25. The van der Waals surface area contributed by atoms with Crippen LogP contribution in [-0.4, -0.2) is 6.03 Å². The molecule has 2 amide bonds. The maximum Gasteiger partial charge on any atom is 0.309 e. The Morgan fingerprint density at radius 2 is 1.33 bits per heavy atom. The van der Waals surface area contributed by atoms with Gasteiger partial charge in [0.05, 0.1) is 0 Å². The highest BCUT2D eigenvalue weighted by atomic mass is 16.2. The number of hydrogen-bond acceptors (Lipinski definition) is 2. The topological polar surface area (TPSA) is 135 Å². The van der Waals surface area contributed by atoms with Gasteiger partial charge in [-0.2, -0.15) is 0 Å². The van der Waals surface area contributed by atoms with Gasteiger partial charge in [0, 0.05) is 6.15 Å². The van der Waals surface area contributed by atoms with E-state index in [2.05, 4.69) is 11.5 Å². The molecular weight excluding hydrogens is 84.0 g/mol. The second-order valence-electron chi connectivity index (χ2n) is 0.402. The quantitative estimate of drug-likeness (QED) is 0.341. The van der Waals surface area contributed by atoms with Gasteiger partial charge in [0.25, 0.3) is 0 Å². The average Bonchev–Trinajstić information content (AvgIpc) is 0.811. The SMILES string of the molecule is N.NC(N)=O.[N]. The molecule has 6 heavy (non-hydrogen) atoms. The van der Waals surface area contributed by atoms with Gasteiger partial charge in [0.15, 0.2) is 0 Å².